The van der Waals surface area contributed by atoms with Gasteiger partial charge in [-0.1, -0.05) is 60.7 Å². The zero-order valence-electron chi connectivity index (χ0n) is 24.0. The largest absolute Gasteiger partial charge is 0.465 e. The van der Waals surface area contributed by atoms with Crippen molar-refractivity contribution in [1.82, 2.24) is 20.4 Å². The number of nitrogens with zero attached hydrogens (tertiary/aromatic N) is 2. The standard InChI is InChI=1S/C34H30F3N5O3/c35-34(36,37)30-18-29(42(41-30)28-10-3-5-22(15-28)20-39-33(44)45)32(43)40-27-9-4-8-25(17-27)31(38-19-21-11-12-21)26-14-13-23-6-1-2-7-24(23)16-26/h1-10,13-18,21,31,38-39H,11-12,19-20H2,(H,40,43)(H,44,45). The summed E-state index contributed by atoms with van der Waals surface area (Å²) in [6, 6.07) is 28.3. The molecular formula is C34H30F3N5O3. The second-order valence-corrected chi connectivity index (χ2v) is 11.1. The summed E-state index contributed by atoms with van der Waals surface area (Å²) < 4.78 is 42.1. The van der Waals surface area contributed by atoms with Gasteiger partial charge in [0.25, 0.3) is 5.91 Å². The van der Waals surface area contributed by atoms with Crippen molar-refractivity contribution >= 4 is 28.5 Å². The molecular weight excluding hydrogens is 583 g/mol. The number of nitrogens with one attached hydrogen (secondary N) is 3. The van der Waals surface area contributed by atoms with Gasteiger partial charge in [0.2, 0.25) is 0 Å². The fourth-order valence-electron chi connectivity index (χ4n) is 5.27. The number of rotatable bonds is 10. The summed E-state index contributed by atoms with van der Waals surface area (Å²) in [5.74, 6) is -0.158. The van der Waals surface area contributed by atoms with Crippen LogP contribution in [-0.2, 0) is 12.7 Å². The minimum atomic E-state index is -4.79. The molecule has 6 rings (SSSR count). The van der Waals surface area contributed by atoms with Gasteiger partial charge in [-0.3, -0.25) is 4.79 Å². The molecule has 1 aliphatic rings. The average molecular weight is 614 g/mol. The lowest BCUT2D eigenvalue weighted by Crippen LogP contribution is -2.25. The Hall–Kier alpha value is -5.16. The Balaban J connectivity index is 1.30. The van der Waals surface area contributed by atoms with Crippen LogP contribution in [-0.4, -0.2) is 33.4 Å². The van der Waals surface area contributed by atoms with E-state index in [9.17, 15) is 22.8 Å². The van der Waals surface area contributed by atoms with E-state index in [2.05, 4.69) is 51.4 Å². The van der Waals surface area contributed by atoms with Crippen molar-refractivity contribution in [2.45, 2.75) is 31.6 Å². The number of halogens is 3. The van der Waals surface area contributed by atoms with Crippen molar-refractivity contribution in [2.24, 2.45) is 5.92 Å². The summed E-state index contributed by atoms with van der Waals surface area (Å²) in [5, 5.41) is 23.5. The number of aromatic nitrogens is 2. The third-order valence-electron chi connectivity index (χ3n) is 7.72. The van der Waals surface area contributed by atoms with Crippen LogP contribution in [0.4, 0.5) is 23.7 Å². The van der Waals surface area contributed by atoms with Crippen LogP contribution in [0.3, 0.4) is 0 Å². The van der Waals surface area contributed by atoms with Crippen molar-refractivity contribution in [2.75, 3.05) is 11.9 Å². The Bertz CT molecular complexity index is 1870. The third kappa shape index (κ3) is 7.15. The first-order chi connectivity index (χ1) is 21.6. The number of carbonyl (C=O) groups is 2. The minimum Gasteiger partial charge on any atom is -0.465 e. The number of fused-ring (bicyclic) bond motifs is 1. The predicted octanol–water partition coefficient (Wildman–Crippen LogP) is 7.15. The lowest BCUT2D eigenvalue weighted by molar-refractivity contribution is -0.141. The van der Waals surface area contributed by atoms with Gasteiger partial charge < -0.3 is 21.1 Å². The monoisotopic (exact) mass is 613 g/mol. The van der Waals surface area contributed by atoms with E-state index in [1.165, 1.54) is 25.0 Å². The fourth-order valence-corrected chi connectivity index (χ4v) is 5.27. The SMILES string of the molecule is O=C(O)NCc1cccc(-n2nc(C(F)(F)F)cc2C(=O)Nc2cccc(C(NCC3CC3)c3ccc4ccccc4c3)c2)c1. The molecule has 8 nitrogen and oxygen atoms in total. The fraction of sp³-hybridized carbons (Fsp3) is 0.206. The van der Waals surface area contributed by atoms with Gasteiger partial charge in [0.15, 0.2) is 5.69 Å². The summed E-state index contributed by atoms with van der Waals surface area (Å²) >= 11 is 0. The average Bonchev–Trinajstić information content (AvgIpc) is 3.73. The minimum absolute atomic E-state index is 0.0714. The molecule has 1 fully saturated rings. The summed E-state index contributed by atoms with van der Waals surface area (Å²) in [7, 11) is 0. The first-order valence-corrected chi connectivity index (χ1v) is 14.5. The van der Waals surface area contributed by atoms with Crippen LogP contribution in [0.1, 0.15) is 51.8 Å². The molecule has 0 saturated heterocycles. The maximum Gasteiger partial charge on any atom is 0.435 e. The molecule has 2 amide bonds. The molecule has 4 aromatic carbocycles. The number of amides is 2. The molecule has 45 heavy (non-hydrogen) atoms. The molecule has 11 heteroatoms. The van der Waals surface area contributed by atoms with Crippen LogP contribution in [0.2, 0.25) is 0 Å². The Morgan fingerprint density at radius 1 is 0.889 bits per heavy atom. The summed E-state index contributed by atoms with van der Waals surface area (Å²) in [6.45, 7) is 0.770. The van der Waals surface area contributed by atoms with Crippen molar-refractivity contribution in [1.29, 1.82) is 0 Å². The Kier molecular flexibility index (Phi) is 8.27. The zero-order valence-corrected chi connectivity index (χ0v) is 24.0. The maximum atomic E-state index is 13.7. The number of anilines is 1. The molecule has 1 aromatic heterocycles. The van der Waals surface area contributed by atoms with Crippen molar-refractivity contribution in [3.8, 4) is 5.69 Å². The number of carboxylic acid groups (broad SMARTS) is 1. The highest BCUT2D eigenvalue weighted by Crippen LogP contribution is 2.33. The van der Waals surface area contributed by atoms with Gasteiger partial charge in [-0.05, 0) is 83.1 Å². The van der Waals surface area contributed by atoms with Crippen LogP contribution in [0.5, 0.6) is 0 Å². The summed E-state index contributed by atoms with van der Waals surface area (Å²) in [6.07, 6.45) is -3.67. The summed E-state index contributed by atoms with van der Waals surface area (Å²) in [4.78, 5) is 24.4. The van der Waals surface area contributed by atoms with Gasteiger partial charge in [0.05, 0.1) is 11.7 Å². The molecule has 4 N–H and O–H groups in total. The Labute approximate surface area is 256 Å². The van der Waals surface area contributed by atoms with E-state index in [1.807, 2.05) is 24.3 Å². The number of benzene rings is 4. The Morgan fingerprint density at radius 3 is 2.40 bits per heavy atom. The van der Waals surface area contributed by atoms with Gasteiger partial charge in [0, 0.05) is 18.3 Å². The predicted molar refractivity (Wildman–Crippen MR) is 164 cm³/mol. The molecule has 1 aliphatic carbocycles. The lowest BCUT2D eigenvalue weighted by Gasteiger charge is -2.21. The van der Waals surface area contributed by atoms with Crippen LogP contribution in [0.25, 0.3) is 16.5 Å². The first-order valence-electron chi connectivity index (χ1n) is 14.5. The second-order valence-electron chi connectivity index (χ2n) is 11.1. The molecule has 230 valence electrons. The van der Waals surface area contributed by atoms with E-state index >= 15 is 0 Å². The van der Waals surface area contributed by atoms with Crippen molar-refractivity contribution < 1.29 is 27.9 Å². The second kappa shape index (κ2) is 12.4. The van der Waals surface area contributed by atoms with Gasteiger partial charge in [-0.2, -0.15) is 18.3 Å². The highest BCUT2D eigenvalue weighted by atomic mass is 19.4. The topological polar surface area (TPSA) is 108 Å². The van der Waals surface area contributed by atoms with Crippen LogP contribution in [0.15, 0.2) is 97.1 Å². The van der Waals surface area contributed by atoms with Gasteiger partial charge in [-0.25, -0.2) is 9.48 Å². The van der Waals surface area contributed by atoms with E-state index in [1.54, 1.807) is 24.3 Å². The van der Waals surface area contributed by atoms with E-state index in [-0.39, 0.29) is 24.0 Å². The van der Waals surface area contributed by atoms with E-state index in [0.717, 1.165) is 33.1 Å². The van der Waals surface area contributed by atoms with E-state index in [4.69, 9.17) is 5.11 Å². The first kappa shape index (κ1) is 29.9. The van der Waals surface area contributed by atoms with Crippen molar-refractivity contribution in [3.63, 3.8) is 0 Å². The van der Waals surface area contributed by atoms with Gasteiger partial charge >= 0.3 is 12.3 Å². The number of hydrogen-bond donors (Lipinski definition) is 4. The number of carbonyl (C=O) groups excluding carboxylic acids is 1. The normalized spacial score (nSPS) is 13.8. The maximum absolute atomic E-state index is 13.7. The van der Waals surface area contributed by atoms with E-state index in [0.29, 0.717) is 23.2 Å². The molecule has 1 atom stereocenters. The van der Waals surface area contributed by atoms with Gasteiger partial charge in [-0.15, -0.1) is 0 Å². The number of alkyl halides is 3. The molecule has 0 spiro atoms. The quantitative estimate of drug-likeness (QED) is 0.134. The molecule has 1 saturated carbocycles. The van der Waals surface area contributed by atoms with Crippen molar-refractivity contribution in [3.05, 3.63) is 125 Å². The molecule has 1 unspecified atom stereocenters. The molecule has 0 bridgehead atoms. The highest BCUT2D eigenvalue weighted by molar-refractivity contribution is 6.03. The lowest BCUT2D eigenvalue weighted by atomic mass is 9.95. The van der Waals surface area contributed by atoms with Crippen LogP contribution < -0.4 is 16.0 Å². The van der Waals surface area contributed by atoms with Crippen LogP contribution >= 0.6 is 0 Å². The third-order valence-corrected chi connectivity index (χ3v) is 7.72. The smallest absolute Gasteiger partial charge is 0.435 e. The molecule has 0 aliphatic heterocycles. The number of hydrogen-bond acceptors (Lipinski definition) is 4. The molecule has 1 heterocycles. The zero-order chi connectivity index (χ0) is 31.6. The highest BCUT2D eigenvalue weighted by Gasteiger charge is 2.36. The molecule has 0 radical (unpaired) electrons. The van der Waals surface area contributed by atoms with Crippen LogP contribution in [0, 0.1) is 5.92 Å². The van der Waals surface area contributed by atoms with E-state index < -0.39 is 23.9 Å². The molecule has 5 aromatic rings. The summed E-state index contributed by atoms with van der Waals surface area (Å²) in [5.41, 5.74) is 1.48. The Morgan fingerprint density at radius 2 is 1.64 bits per heavy atom. The van der Waals surface area contributed by atoms with Gasteiger partial charge in [0.1, 0.15) is 5.69 Å².